The van der Waals surface area contributed by atoms with Crippen molar-refractivity contribution >= 4 is 38.1 Å². The quantitative estimate of drug-likeness (QED) is 0.221. The molecule has 3 N–H and O–H groups in total. The van der Waals surface area contributed by atoms with E-state index in [4.69, 9.17) is 14.1 Å². The molecule has 15 heteroatoms. The molecule has 2 aliphatic carbocycles. The van der Waals surface area contributed by atoms with Crippen LogP contribution >= 0.6 is 15.9 Å². The third kappa shape index (κ3) is 12.6. The van der Waals surface area contributed by atoms with Crippen LogP contribution in [-0.4, -0.2) is 49.4 Å². The van der Waals surface area contributed by atoms with Gasteiger partial charge >= 0.3 is 22.6 Å². The van der Waals surface area contributed by atoms with Crippen molar-refractivity contribution in [2.75, 3.05) is 25.0 Å². The molecular formula is C34H47BrN6O8. The average molecular weight is 748 g/mol. The summed E-state index contributed by atoms with van der Waals surface area (Å²) in [5, 5.41) is 9.08. The Morgan fingerprint density at radius 3 is 1.71 bits per heavy atom. The van der Waals surface area contributed by atoms with E-state index in [0.29, 0.717) is 41.8 Å². The van der Waals surface area contributed by atoms with Gasteiger partial charge in [0, 0.05) is 30.9 Å². The fraction of sp³-hybridized carbons (Fsp3) is 0.559. The predicted molar refractivity (Wildman–Crippen MR) is 194 cm³/mol. The van der Waals surface area contributed by atoms with E-state index in [-0.39, 0.29) is 16.8 Å². The Labute approximate surface area is 291 Å². The lowest BCUT2D eigenvalue weighted by atomic mass is 10.1. The van der Waals surface area contributed by atoms with Gasteiger partial charge in [-0.25, -0.2) is 19.2 Å². The topological polar surface area (TPSA) is 208 Å². The third-order valence-corrected chi connectivity index (χ3v) is 8.76. The first-order chi connectivity index (χ1) is 23.4. The Morgan fingerprint density at radius 1 is 0.796 bits per heavy atom. The minimum atomic E-state index is -0.691. The van der Waals surface area contributed by atoms with Crippen molar-refractivity contribution in [2.24, 2.45) is 11.8 Å². The van der Waals surface area contributed by atoms with Crippen LogP contribution in [0.1, 0.15) is 78.4 Å². The minimum Gasteiger partial charge on any atom is -0.405 e. The molecule has 2 fully saturated rings. The van der Waals surface area contributed by atoms with Crippen molar-refractivity contribution < 1.29 is 8.83 Å². The van der Waals surface area contributed by atoms with Crippen molar-refractivity contribution in [1.82, 2.24) is 24.4 Å². The SMILES string of the molecule is BrCC1CC1.CC#N.CCN(CC)CC.CCc1cc(=O)oc2[nH]c(=O)[nH]c(=O)c12.CCc1cc(=O)oc2c1c(=O)[nH]c(=O)n2CC1CC1. The van der Waals surface area contributed by atoms with Gasteiger partial charge in [0.15, 0.2) is 0 Å². The summed E-state index contributed by atoms with van der Waals surface area (Å²) in [6.07, 6.45) is 6.09. The largest absolute Gasteiger partial charge is 0.405 e. The summed E-state index contributed by atoms with van der Waals surface area (Å²) in [5.41, 5.74) is -2.17. The van der Waals surface area contributed by atoms with Crippen LogP contribution in [0.25, 0.3) is 22.2 Å². The maximum absolute atomic E-state index is 11.9. The van der Waals surface area contributed by atoms with Gasteiger partial charge in [-0.3, -0.25) is 29.1 Å². The average Bonchev–Trinajstić information content (AvgIpc) is 4.00. The second-order valence-corrected chi connectivity index (χ2v) is 12.1. The van der Waals surface area contributed by atoms with Gasteiger partial charge in [-0.05, 0) is 81.1 Å². The van der Waals surface area contributed by atoms with Gasteiger partial charge in [-0.15, -0.1) is 0 Å². The minimum absolute atomic E-state index is 0.0758. The second kappa shape index (κ2) is 20.3. The van der Waals surface area contributed by atoms with E-state index in [1.54, 1.807) is 13.0 Å². The third-order valence-electron chi connectivity index (χ3n) is 7.84. The number of nitriles is 1. The lowest BCUT2D eigenvalue weighted by molar-refractivity contribution is 0.321. The van der Waals surface area contributed by atoms with Gasteiger partial charge in [-0.1, -0.05) is 50.5 Å². The Morgan fingerprint density at radius 2 is 1.29 bits per heavy atom. The lowest BCUT2D eigenvalue weighted by Crippen LogP contribution is -2.32. The predicted octanol–water partition coefficient (Wildman–Crippen LogP) is 4.02. The van der Waals surface area contributed by atoms with Gasteiger partial charge in [0.1, 0.15) is 10.8 Å². The van der Waals surface area contributed by atoms with Crippen LogP contribution in [0, 0.1) is 23.2 Å². The maximum Gasteiger partial charge on any atom is 0.337 e. The van der Waals surface area contributed by atoms with E-state index in [2.05, 4.69) is 56.6 Å². The highest BCUT2D eigenvalue weighted by Crippen LogP contribution is 2.31. The maximum atomic E-state index is 11.9. The monoisotopic (exact) mass is 746 g/mol. The number of nitrogens with one attached hydrogen (secondary N) is 3. The number of aromatic amines is 3. The molecule has 6 rings (SSSR count). The van der Waals surface area contributed by atoms with Gasteiger partial charge < -0.3 is 13.7 Å². The highest BCUT2D eigenvalue weighted by Gasteiger charge is 2.25. The Hall–Kier alpha value is -4.29. The molecule has 2 aliphatic rings. The number of H-pyrrole nitrogens is 3. The van der Waals surface area contributed by atoms with Crippen LogP contribution < -0.4 is 33.7 Å². The molecular weight excluding hydrogens is 700 g/mol. The molecule has 0 saturated heterocycles. The molecule has 0 spiro atoms. The zero-order valence-electron chi connectivity index (χ0n) is 29.1. The van der Waals surface area contributed by atoms with Crippen molar-refractivity contribution in [1.29, 1.82) is 5.26 Å². The van der Waals surface area contributed by atoms with E-state index in [9.17, 15) is 28.8 Å². The van der Waals surface area contributed by atoms with Gasteiger partial charge in [0.2, 0.25) is 11.4 Å². The standard InChI is InChI=1S/C13H14N2O4.C9H8N2O4.C6H15N.C4H7Br.C2H3N/c1-2-8-5-9(16)19-12-10(8)11(17)14-13(18)15(12)6-7-3-4-7;1-2-4-3-5(12)15-8-6(4)7(13)10-9(14)11-8;1-4-7(5-2)6-3;5-3-4-1-2-4;1-2-3/h5,7H,2-4,6H2,1H3,(H,14,17,18);3H,2H2,1H3,(H2,10,11,13,14);4-6H2,1-3H3;4H,1-3H2;1H3. The van der Waals surface area contributed by atoms with Crippen molar-refractivity contribution in [2.45, 2.75) is 86.6 Å². The van der Waals surface area contributed by atoms with Crippen molar-refractivity contribution in [3.63, 3.8) is 0 Å². The molecule has 4 aromatic heterocycles. The number of hydrogen-bond acceptors (Lipinski definition) is 10. The number of aryl methyl sites for hydroxylation is 2. The Kier molecular flexibility index (Phi) is 16.9. The van der Waals surface area contributed by atoms with Crippen LogP contribution in [0.2, 0.25) is 0 Å². The first kappa shape index (κ1) is 40.9. The van der Waals surface area contributed by atoms with Crippen LogP contribution in [0.3, 0.4) is 0 Å². The van der Waals surface area contributed by atoms with E-state index in [1.807, 2.05) is 6.92 Å². The number of aromatic nitrogens is 4. The Bertz CT molecular complexity index is 2040. The number of halogens is 1. The summed E-state index contributed by atoms with van der Waals surface area (Å²) in [4.78, 5) is 77.8. The van der Waals surface area contributed by atoms with E-state index in [1.165, 1.54) is 61.4 Å². The first-order valence-corrected chi connectivity index (χ1v) is 17.7. The smallest absolute Gasteiger partial charge is 0.337 e. The molecule has 0 unspecified atom stereocenters. The van der Waals surface area contributed by atoms with Crippen molar-refractivity contribution in [3.05, 3.63) is 85.8 Å². The van der Waals surface area contributed by atoms with Gasteiger partial charge in [-0.2, -0.15) is 5.26 Å². The zero-order chi connectivity index (χ0) is 36.7. The summed E-state index contributed by atoms with van der Waals surface area (Å²) in [7, 11) is 0. The molecule has 0 aromatic carbocycles. The fourth-order valence-corrected chi connectivity index (χ4v) is 5.33. The molecule has 268 valence electrons. The molecule has 4 aromatic rings. The summed E-state index contributed by atoms with van der Waals surface area (Å²) in [6.45, 7) is 15.7. The number of fused-ring (bicyclic) bond motifs is 2. The van der Waals surface area contributed by atoms with Crippen LogP contribution in [-0.2, 0) is 19.4 Å². The second-order valence-electron chi connectivity index (χ2n) is 11.4. The number of nitrogens with zero attached hydrogens (tertiary/aromatic N) is 3. The van der Waals surface area contributed by atoms with E-state index in [0.717, 1.165) is 18.8 Å². The number of alkyl halides is 1. The molecule has 14 nitrogen and oxygen atoms in total. The van der Waals surface area contributed by atoms with Gasteiger partial charge in [0.25, 0.3) is 11.1 Å². The Balaban J connectivity index is 0.000000245. The molecule has 0 radical (unpaired) electrons. The van der Waals surface area contributed by atoms with Crippen molar-refractivity contribution in [3.8, 4) is 6.07 Å². The summed E-state index contributed by atoms with van der Waals surface area (Å²) in [5.74, 6) is 1.48. The molecule has 0 bridgehead atoms. The summed E-state index contributed by atoms with van der Waals surface area (Å²) < 4.78 is 11.2. The number of rotatable bonds is 8. The first-order valence-electron chi connectivity index (χ1n) is 16.6. The molecule has 4 heterocycles. The fourth-order valence-electron chi connectivity index (χ4n) is 4.68. The molecule has 0 atom stereocenters. The number of hydrogen-bond donors (Lipinski definition) is 3. The molecule has 49 heavy (non-hydrogen) atoms. The summed E-state index contributed by atoms with van der Waals surface area (Å²) >= 11 is 3.38. The zero-order valence-corrected chi connectivity index (χ0v) is 30.7. The molecule has 0 amide bonds. The lowest BCUT2D eigenvalue weighted by Gasteiger charge is -2.13. The van der Waals surface area contributed by atoms with E-state index >= 15 is 0 Å². The summed E-state index contributed by atoms with van der Waals surface area (Å²) in [6, 6.07) is 4.30. The molecule has 0 aliphatic heterocycles. The highest BCUT2D eigenvalue weighted by molar-refractivity contribution is 9.09. The highest BCUT2D eigenvalue weighted by atomic mass is 79.9. The van der Waals surface area contributed by atoms with Crippen LogP contribution in [0.5, 0.6) is 0 Å². The van der Waals surface area contributed by atoms with E-state index < -0.39 is 33.7 Å². The van der Waals surface area contributed by atoms with Crippen LogP contribution in [0.15, 0.2) is 49.7 Å². The molecule has 2 saturated carbocycles. The normalized spacial score (nSPS) is 13.1. The van der Waals surface area contributed by atoms with Gasteiger partial charge in [0.05, 0.1) is 6.07 Å². The van der Waals surface area contributed by atoms with Crippen LogP contribution in [0.4, 0.5) is 0 Å².